The summed E-state index contributed by atoms with van der Waals surface area (Å²) in [7, 11) is 0. The molecule has 0 spiro atoms. The number of piperazine rings is 1. The first-order valence-corrected chi connectivity index (χ1v) is 7.25. The van der Waals surface area contributed by atoms with Crippen LogP contribution in [0.1, 0.15) is 36.3 Å². The van der Waals surface area contributed by atoms with E-state index in [9.17, 15) is 4.79 Å². The first kappa shape index (κ1) is 13.3. The van der Waals surface area contributed by atoms with Crippen LogP contribution in [0.15, 0.2) is 16.6 Å². The molecule has 1 amide bonds. The molecule has 1 atom stereocenters. The molecule has 2 aliphatic rings. The van der Waals surface area contributed by atoms with Gasteiger partial charge in [0.15, 0.2) is 0 Å². The van der Waals surface area contributed by atoms with Gasteiger partial charge in [0.25, 0.3) is 0 Å². The summed E-state index contributed by atoms with van der Waals surface area (Å²) in [5, 5.41) is 7.78. The third kappa shape index (κ3) is 2.60. The molecule has 2 aliphatic heterocycles. The van der Waals surface area contributed by atoms with Crippen molar-refractivity contribution in [1.29, 1.82) is 0 Å². The van der Waals surface area contributed by atoms with Gasteiger partial charge in [-0.2, -0.15) is 0 Å². The van der Waals surface area contributed by atoms with Crippen molar-refractivity contribution in [1.82, 2.24) is 20.0 Å². The molecule has 1 aromatic heterocycles. The SMILES string of the molecule is C/C=C/Cc1nnc(C(=O)N2CCN3CCCC3C2)o1. The van der Waals surface area contributed by atoms with Gasteiger partial charge in [-0.1, -0.05) is 12.2 Å². The Hall–Kier alpha value is -1.69. The van der Waals surface area contributed by atoms with Crippen LogP contribution in [-0.4, -0.2) is 58.1 Å². The van der Waals surface area contributed by atoms with Gasteiger partial charge < -0.3 is 9.32 Å². The number of aromatic nitrogens is 2. The lowest BCUT2D eigenvalue weighted by atomic mass is 10.1. The lowest BCUT2D eigenvalue weighted by Gasteiger charge is -2.36. The summed E-state index contributed by atoms with van der Waals surface area (Å²) in [5.74, 6) is 0.484. The Balaban J connectivity index is 1.64. The Morgan fingerprint density at radius 2 is 2.30 bits per heavy atom. The molecular weight excluding hydrogens is 256 g/mol. The molecule has 2 fully saturated rings. The minimum absolute atomic E-state index is 0.121. The van der Waals surface area contributed by atoms with Crippen LogP contribution in [0, 0.1) is 0 Å². The van der Waals surface area contributed by atoms with Crippen molar-refractivity contribution in [3.8, 4) is 0 Å². The smallest absolute Gasteiger partial charge is 0.311 e. The van der Waals surface area contributed by atoms with Crippen molar-refractivity contribution in [3.05, 3.63) is 23.9 Å². The van der Waals surface area contributed by atoms with Crippen LogP contribution in [0.3, 0.4) is 0 Å². The molecule has 0 saturated carbocycles. The number of allylic oxidation sites excluding steroid dienone is 2. The topological polar surface area (TPSA) is 62.5 Å². The number of carbonyl (C=O) groups is 1. The monoisotopic (exact) mass is 276 g/mol. The van der Waals surface area contributed by atoms with Crippen LogP contribution in [0.25, 0.3) is 0 Å². The first-order chi connectivity index (χ1) is 9.78. The van der Waals surface area contributed by atoms with Gasteiger partial charge in [0.2, 0.25) is 5.89 Å². The van der Waals surface area contributed by atoms with Crippen LogP contribution >= 0.6 is 0 Å². The van der Waals surface area contributed by atoms with Crippen LogP contribution in [-0.2, 0) is 6.42 Å². The van der Waals surface area contributed by atoms with Crippen LogP contribution in [0.4, 0.5) is 0 Å². The molecule has 1 aromatic rings. The lowest BCUT2D eigenvalue weighted by molar-refractivity contribution is 0.0532. The van der Waals surface area contributed by atoms with E-state index in [1.54, 1.807) is 0 Å². The third-order valence-corrected chi connectivity index (χ3v) is 4.05. The van der Waals surface area contributed by atoms with Crippen molar-refractivity contribution < 1.29 is 9.21 Å². The van der Waals surface area contributed by atoms with E-state index in [-0.39, 0.29) is 11.8 Å². The van der Waals surface area contributed by atoms with E-state index in [1.807, 2.05) is 24.0 Å². The molecule has 3 rings (SSSR count). The van der Waals surface area contributed by atoms with Crippen LogP contribution in [0.2, 0.25) is 0 Å². The third-order valence-electron chi connectivity index (χ3n) is 4.05. The van der Waals surface area contributed by atoms with E-state index in [4.69, 9.17) is 4.42 Å². The van der Waals surface area contributed by atoms with Gasteiger partial charge in [0.05, 0.1) is 0 Å². The summed E-state index contributed by atoms with van der Waals surface area (Å²) in [4.78, 5) is 16.7. The number of nitrogens with zero attached hydrogens (tertiary/aromatic N) is 4. The highest BCUT2D eigenvalue weighted by Gasteiger charge is 2.34. The molecule has 0 N–H and O–H groups in total. The summed E-state index contributed by atoms with van der Waals surface area (Å²) in [5.41, 5.74) is 0. The average molecular weight is 276 g/mol. The zero-order valence-corrected chi connectivity index (χ0v) is 11.8. The largest absolute Gasteiger partial charge is 0.417 e. The molecule has 6 nitrogen and oxygen atoms in total. The molecule has 0 aliphatic carbocycles. The van der Waals surface area contributed by atoms with E-state index in [1.165, 1.54) is 19.4 Å². The molecule has 0 aromatic carbocycles. The van der Waals surface area contributed by atoms with Gasteiger partial charge in [-0.3, -0.25) is 9.69 Å². The maximum atomic E-state index is 12.4. The Morgan fingerprint density at radius 1 is 1.40 bits per heavy atom. The van der Waals surface area contributed by atoms with E-state index < -0.39 is 0 Å². The molecule has 108 valence electrons. The summed E-state index contributed by atoms with van der Waals surface area (Å²) in [6.45, 7) is 5.59. The molecule has 1 unspecified atom stereocenters. The summed E-state index contributed by atoms with van der Waals surface area (Å²) in [6, 6.07) is 0.512. The quantitative estimate of drug-likeness (QED) is 0.774. The predicted octanol–water partition coefficient (Wildman–Crippen LogP) is 1.11. The second-order valence-electron chi connectivity index (χ2n) is 5.36. The summed E-state index contributed by atoms with van der Waals surface area (Å²) in [6.07, 6.45) is 6.85. The fourth-order valence-electron chi connectivity index (χ4n) is 2.95. The minimum Gasteiger partial charge on any atom is -0.417 e. The van der Waals surface area contributed by atoms with E-state index >= 15 is 0 Å². The summed E-state index contributed by atoms with van der Waals surface area (Å²) >= 11 is 0. The van der Waals surface area contributed by atoms with E-state index in [0.717, 1.165) is 19.6 Å². The van der Waals surface area contributed by atoms with E-state index in [0.29, 0.717) is 18.4 Å². The Labute approximate surface area is 118 Å². The first-order valence-electron chi connectivity index (χ1n) is 7.25. The molecule has 2 saturated heterocycles. The molecule has 6 heteroatoms. The summed E-state index contributed by atoms with van der Waals surface area (Å²) < 4.78 is 5.43. The van der Waals surface area contributed by atoms with Gasteiger partial charge in [0.1, 0.15) is 0 Å². The van der Waals surface area contributed by atoms with Crippen molar-refractivity contribution in [2.24, 2.45) is 0 Å². The highest BCUT2D eigenvalue weighted by atomic mass is 16.4. The number of hydrogen-bond acceptors (Lipinski definition) is 5. The lowest BCUT2D eigenvalue weighted by Crippen LogP contribution is -2.52. The van der Waals surface area contributed by atoms with Crippen molar-refractivity contribution in [2.75, 3.05) is 26.2 Å². The van der Waals surface area contributed by atoms with Crippen LogP contribution < -0.4 is 0 Å². The Bertz CT molecular complexity index is 511. The fraction of sp³-hybridized carbons (Fsp3) is 0.643. The molecule has 3 heterocycles. The zero-order valence-electron chi connectivity index (χ0n) is 11.8. The average Bonchev–Trinajstić information content (AvgIpc) is 3.12. The molecular formula is C14H20N4O2. The zero-order chi connectivity index (χ0) is 13.9. The van der Waals surface area contributed by atoms with Gasteiger partial charge in [-0.25, -0.2) is 0 Å². The molecule has 20 heavy (non-hydrogen) atoms. The number of fused-ring (bicyclic) bond motifs is 1. The maximum Gasteiger partial charge on any atom is 0.311 e. The predicted molar refractivity (Wildman–Crippen MR) is 73.3 cm³/mol. The Morgan fingerprint density at radius 3 is 3.15 bits per heavy atom. The van der Waals surface area contributed by atoms with Crippen molar-refractivity contribution in [3.63, 3.8) is 0 Å². The number of carbonyl (C=O) groups excluding carboxylic acids is 1. The minimum atomic E-state index is -0.129. The highest BCUT2D eigenvalue weighted by Crippen LogP contribution is 2.22. The second-order valence-corrected chi connectivity index (χ2v) is 5.36. The van der Waals surface area contributed by atoms with Crippen molar-refractivity contribution in [2.45, 2.75) is 32.2 Å². The van der Waals surface area contributed by atoms with Gasteiger partial charge in [-0.15, -0.1) is 10.2 Å². The highest BCUT2D eigenvalue weighted by molar-refractivity contribution is 5.89. The van der Waals surface area contributed by atoms with Crippen LogP contribution in [0.5, 0.6) is 0 Å². The second kappa shape index (κ2) is 5.75. The normalized spacial score (nSPS) is 23.4. The molecule has 0 radical (unpaired) electrons. The fourth-order valence-corrected chi connectivity index (χ4v) is 2.95. The van der Waals surface area contributed by atoms with E-state index in [2.05, 4.69) is 15.1 Å². The van der Waals surface area contributed by atoms with Gasteiger partial charge in [-0.05, 0) is 26.3 Å². The molecule has 0 bridgehead atoms. The van der Waals surface area contributed by atoms with Crippen molar-refractivity contribution >= 4 is 5.91 Å². The van der Waals surface area contributed by atoms with Gasteiger partial charge >= 0.3 is 11.8 Å². The number of hydrogen-bond donors (Lipinski definition) is 0. The van der Waals surface area contributed by atoms with Gasteiger partial charge in [0, 0.05) is 32.1 Å². The number of rotatable bonds is 3. The maximum absolute atomic E-state index is 12.4. The standard InChI is InChI=1S/C14H20N4O2/c1-2-3-6-12-15-16-13(20-12)14(19)18-9-8-17-7-4-5-11(17)10-18/h2-3,11H,4-10H2,1H3/b3-2+. The Kier molecular flexibility index (Phi) is 3.82. The number of amides is 1.